The third-order valence-electron chi connectivity index (χ3n) is 17.2. The monoisotopic (exact) mass is 1370 g/mol. The van der Waals surface area contributed by atoms with E-state index >= 15 is 0 Å². The number of hydrogen-bond acceptors (Lipinski definition) is 14. The Kier molecular flexibility index (Phi) is 18.2. The zero-order chi connectivity index (χ0) is 70.9. The fourth-order valence-electron chi connectivity index (χ4n) is 11.0. The van der Waals surface area contributed by atoms with Crippen LogP contribution in [-0.2, 0) is 21.7 Å². The second-order valence-electron chi connectivity index (χ2n) is 29.0. The van der Waals surface area contributed by atoms with E-state index in [0.717, 1.165) is 97.4 Å². The molecular weight excluding hydrogens is 1300 g/mol. The van der Waals surface area contributed by atoms with Crippen LogP contribution in [0.4, 0.5) is 0 Å². The lowest BCUT2D eigenvalue weighted by atomic mass is 9.87. The van der Waals surface area contributed by atoms with E-state index in [9.17, 15) is 0 Å². The summed E-state index contributed by atoms with van der Waals surface area (Å²) < 4.78 is 24.8. The SMILES string of the molecule is CC(C)(C)c1ccc(-c2nnc(-c3ccc(C#Cc4cc(C#Cc5ccc(-c6nnc(-c7ccc(C(C)(C)C)cc7)o6)cc5)c(-c5sc(C#Cc6ccc(-c7nnc(-c8ccc(C(C)(C)C)cc8)o7)cc6)cc5C#Cc5ccc(-c6nnc(-c7ccc(C(C)(C)C)cc7)o6)cc5)s4)cc3)o2)cc1. The minimum absolute atomic E-state index is 0.0213. The molecule has 0 aliphatic heterocycles. The standard InChI is InChI=1S/C88H70N8O4S2/c1-85(2,3)69-43-35-63(36-44-69)81-93-89-77(97-81)59-25-13-55(14-26-59)21-33-67-53-73(51-23-57-17-29-61(30-18-57)79-91-95-83(99-79)65-39-47-71(48-40-65)87(7,8)9)101-75(67)76-68(34-22-56-15-27-60(28-16-56)78-90-94-82(98-78)64-37-45-70(46-38-64)86(4,5)6)54-74(102-76)52-24-58-19-31-62(32-20-58)80-92-96-84(100-80)66-41-49-72(50-42-66)88(10,11)12/h13-20,25-32,35-50,53-54H,1-12H3. The first kappa shape index (κ1) is 67.2. The van der Waals surface area contributed by atoms with E-state index in [-0.39, 0.29) is 21.7 Å². The molecule has 0 aliphatic carbocycles. The smallest absolute Gasteiger partial charge is 0.248 e. The van der Waals surface area contributed by atoms with Crippen LogP contribution < -0.4 is 0 Å². The Hall–Kier alpha value is -12.0. The molecule has 12 nitrogen and oxygen atoms in total. The Morgan fingerprint density at radius 3 is 0.588 bits per heavy atom. The molecule has 6 aromatic heterocycles. The minimum Gasteiger partial charge on any atom is -0.416 e. The molecule has 0 aliphatic rings. The van der Waals surface area contributed by atoms with Crippen LogP contribution in [0.25, 0.3) is 101 Å². The van der Waals surface area contributed by atoms with Crippen molar-refractivity contribution in [3.63, 3.8) is 0 Å². The van der Waals surface area contributed by atoms with Gasteiger partial charge in [0.15, 0.2) is 0 Å². The van der Waals surface area contributed by atoms with E-state index in [1.807, 2.05) is 158 Å². The van der Waals surface area contributed by atoms with Crippen molar-refractivity contribution in [2.24, 2.45) is 0 Å². The van der Waals surface area contributed by atoms with Gasteiger partial charge < -0.3 is 17.7 Å². The van der Waals surface area contributed by atoms with E-state index in [4.69, 9.17) is 17.7 Å². The summed E-state index contributed by atoms with van der Waals surface area (Å²) >= 11 is 3.10. The van der Waals surface area contributed by atoms with Crippen LogP contribution in [0.15, 0.2) is 224 Å². The second kappa shape index (κ2) is 27.6. The third-order valence-corrected chi connectivity index (χ3v) is 19.5. The largest absolute Gasteiger partial charge is 0.416 e. The molecule has 0 unspecified atom stereocenters. The number of hydrogen-bond donors (Lipinski definition) is 0. The maximum absolute atomic E-state index is 6.21. The van der Waals surface area contributed by atoms with Gasteiger partial charge in [0.1, 0.15) is 0 Å². The average Bonchev–Trinajstić information content (AvgIpc) is 1.66. The van der Waals surface area contributed by atoms with Gasteiger partial charge in [0.05, 0.1) is 19.5 Å². The van der Waals surface area contributed by atoms with Crippen molar-refractivity contribution >= 4 is 22.7 Å². The van der Waals surface area contributed by atoms with Crippen molar-refractivity contribution in [1.29, 1.82) is 0 Å². The van der Waals surface area contributed by atoms with Crippen LogP contribution in [0.5, 0.6) is 0 Å². The van der Waals surface area contributed by atoms with Gasteiger partial charge in [-0.2, -0.15) is 0 Å². The number of rotatable bonds is 9. The minimum atomic E-state index is 0.0213. The molecule has 0 fully saturated rings. The lowest BCUT2D eigenvalue weighted by molar-refractivity contribution is 0.582. The molecule has 0 N–H and O–H groups in total. The summed E-state index contributed by atoms with van der Waals surface area (Å²) in [5.74, 6) is 31.3. The Morgan fingerprint density at radius 2 is 0.402 bits per heavy atom. The molecule has 8 aromatic carbocycles. The van der Waals surface area contributed by atoms with Crippen molar-refractivity contribution in [2.75, 3.05) is 0 Å². The first-order chi connectivity index (χ1) is 48.9. The van der Waals surface area contributed by atoms with Gasteiger partial charge in [-0.05, 0) is 202 Å². The quantitative estimate of drug-likeness (QED) is 0.126. The van der Waals surface area contributed by atoms with E-state index in [0.29, 0.717) is 47.1 Å². The van der Waals surface area contributed by atoms with Crippen molar-refractivity contribution in [1.82, 2.24) is 40.8 Å². The molecule has 0 amide bonds. The molecule has 0 atom stereocenters. The normalized spacial score (nSPS) is 11.6. The Balaban J connectivity index is 0.790. The Bertz CT molecular complexity index is 5280. The van der Waals surface area contributed by atoms with Crippen LogP contribution in [0.1, 0.15) is 148 Å². The van der Waals surface area contributed by atoms with Crippen molar-refractivity contribution in [2.45, 2.75) is 105 Å². The van der Waals surface area contributed by atoms with E-state index in [1.165, 1.54) is 22.3 Å². The second-order valence-corrected chi connectivity index (χ2v) is 31.1. The lowest BCUT2D eigenvalue weighted by Crippen LogP contribution is -2.10. The topological polar surface area (TPSA) is 156 Å². The molecule has 0 radical (unpaired) electrons. The fourth-order valence-corrected chi connectivity index (χ4v) is 13.1. The number of nitrogens with zero attached hydrogens (tertiary/aromatic N) is 8. The Labute approximate surface area is 602 Å². The predicted molar refractivity (Wildman–Crippen MR) is 407 cm³/mol. The molecule has 0 spiro atoms. The maximum Gasteiger partial charge on any atom is 0.248 e. The fraction of sp³-hybridized carbons (Fsp3) is 0.182. The van der Waals surface area contributed by atoms with Crippen LogP contribution >= 0.6 is 22.7 Å². The van der Waals surface area contributed by atoms with Gasteiger partial charge in [0.25, 0.3) is 0 Å². The average molecular weight is 1370 g/mol. The van der Waals surface area contributed by atoms with Gasteiger partial charge in [0.2, 0.25) is 47.1 Å². The highest BCUT2D eigenvalue weighted by atomic mass is 32.1. The summed E-state index contributed by atoms with van der Waals surface area (Å²) in [6.07, 6.45) is 0. The summed E-state index contributed by atoms with van der Waals surface area (Å²) in [6, 6.07) is 68.4. The van der Waals surface area contributed by atoms with Crippen LogP contribution in [0.3, 0.4) is 0 Å². The van der Waals surface area contributed by atoms with Gasteiger partial charge in [-0.25, -0.2) is 0 Å². The van der Waals surface area contributed by atoms with Crippen LogP contribution in [0, 0.1) is 47.4 Å². The summed E-state index contributed by atoms with van der Waals surface area (Å²) in [5, 5.41) is 35.2. The molecule has 14 aromatic rings. The maximum atomic E-state index is 6.21. The molecular formula is C88H70N8O4S2. The molecule has 102 heavy (non-hydrogen) atoms. The highest BCUT2D eigenvalue weighted by molar-refractivity contribution is 7.23. The zero-order valence-corrected chi connectivity index (χ0v) is 60.3. The Morgan fingerprint density at radius 1 is 0.225 bits per heavy atom. The van der Waals surface area contributed by atoms with Gasteiger partial charge in [-0.1, -0.05) is 179 Å². The number of aromatic nitrogens is 8. The zero-order valence-electron chi connectivity index (χ0n) is 58.7. The molecule has 14 rings (SSSR count). The van der Waals surface area contributed by atoms with Crippen LogP contribution in [-0.4, -0.2) is 40.8 Å². The molecule has 14 heteroatoms. The van der Waals surface area contributed by atoms with Crippen molar-refractivity contribution in [3.8, 4) is 149 Å². The van der Waals surface area contributed by atoms with Crippen molar-refractivity contribution in [3.05, 3.63) is 272 Å². The first-order valence-electron chi connectivity index (χ1n) is 33.5. The predicted octanol–water partition coefficient (Wildman–Crippen LogP) is 21.1. The summed E-state index contributed by atoms with van der Waals surface area (Å²) in [4.78, 5) is 3.42. The number of thiophene rings is 2. The highest BCUT2D eigenvalue weighted by Crippen LogP contribution is 2.41. The van der Waals surface area contributed by atoms with E-state index in [1.54, 1.807) is 22.7 Å². The van der Waals surface area contributed by atoms with E-state index in [2.05, 4.69) is 220 Å². The van der Waals surface area contributed by atoms with Gasteiger partial charge in [-0.15, -0.1) is 63.5 Å². The van der Waals surface area contributed by atoms with Crippen molar-refractivity contribution < 1.29 is 17.7 Å². The number of benzene rings is 8. The molecule has 0 bridgehead atoms. The third kappa shape index (κ3) is 15.4. The first-order valence-corrected chi connectivity index (χ1v) is 35.1. The lowest BCUT2D eigenvalue weighted by Gasteiger charge is -2.18. The summed E-state index contributed by atoms with van der Waals surface area (Å²) in [6.45, 7) is 26.3. The van der Waals surface area contributed by atoms with E-state index < -0.39 is 0 Å². The summed E-state index contributed by atoms with van der Waals surface area (Å²) in [5.41, 5.74) is 16.3. The molecule has 0 saturated carbocycles. The molecule has 0 saturated heterocycles. The highest BCUT2D eigenvalue weighted by Gasteiger charge is 2.22. The van der Waals surface area contributed by atoms with Crippen LogP contribution in [0.2, 0.25) is 0 Å². The molecule has 6 heterocycles. The molecule has 498 valence electrons. The van der Waals surface area contributed by atoms with Gasteiger partial charge in [-0.3, -0.25) is 0 Å². The van der Waals surface area contributed by atoms with Gasteiger partial charge in [0, 0.05) is 77.9 Å². The van der Waals surface area contributed by atoms with Gasteiger partial charge >= 0.3 is 0 Å². The summed E-state index contributed by atoms with van der Waals surface area (Å²) in [7, 11) is 0.